The Kier molecular flexibility index (Phi) is 7.77. The SMILES string of the molecule is COC(=O)Cc1nnc(N[C@@H](Cc2ccc(NS(=O)O)cc2)c2csc(-c3cccs3)n2)s1. The zero-order valence-electron chi connectivity index (χ0n) is 17.3. The van der Waals surface area contributed by atoms with Crippen LogP contribution in [0.25, 0.3) is 9.88 Å². The first-order valence-electron chi connectivity index (χ1n) is 9.61. The number of nitrogens with one attached hydrogen (secondary N) is 2. The van der Waals surface area contributed by atoms with Crippen molar-refractivity contribution in [3.05, 3.63) is 63.4 Å². The molecular formula is C20H19N5O4S4. The molecule has 0 aliphatic carbocycles. The van der Waals surface area contributed by atoms with Gasteiger partial charge in [0.1, 0.15) is 10.0 Å². The molecule has 0 saturated heterocycles. The van der Waals surface area contributed by atoms with Gasteiger partial charge in [-0.25, -0.2) is 9.19 Å². The normalized spacial score (nSPS) is 12.8. The van der Waals surface area contributed by atoms with Gasteiger partial charge in [0, 0.05) is 11.1 Å². The lowest BCUT2D eigenvalue weighted by Crippen LogP contribution is -2.14. The van der Waals surface area contributed by atoms with E-state index >= 15 is 0 Å². The molecule has 2 atom stereocenters. The number of ether oxygens (including phenoxy) is 1. The fraction of sp³-hybridized carbons (Fsp3) is 0.200. The lowest BCUT2D eigenvalue weighted by atomic mass is 10.0. The van der Waals surface area contributed by atoms with Gasteiger partial charge in [-0.05, 0) is 35.6 Å². The van der Waals surface area contributed by atoms with Gasteiger partial charge in [-0.1, -0.05) is 29.5 Å². The predicted molar refractivity (Wildman–Crippen MR) is 132 cm³/mol. The van der Waals surface area contributed by atoms with Crippen LogP contribution in [0.1, 0.15) is 22.3 Å². The van der Waals surface area contributed by atoms with Crippen LogP contribution in [0.2, 0.25) is 0 Å². The van der Waals surface area contributed by atoms with Gasteiger partial charge >= 0.3 is 5.97 Å². The van der Waals surface area contributed by atoms with Crippen molar-refractivity contribution in [2.24, 2.45) is 0 Å². The Morgan fingerprint density at radius 1 is 1.21 bits per heavy atom. The van der Waals surface area contributed by atoms with E-state index in [2.05, 4.69) is 20.2 Å². The molecule has 172 valence electrons. The molecule has 0 amide bonds. The predicted octanol–water partition coefficient (Wildman–Crippen LogP) is 4.38. The molecule has 13 heteroatoms. The fourth-order valence-corrected chi connectivity index (χ4v) is 5.77. The first kappa shape index (κ1) is 23.4. The van der Waals surface area contributed by atoms with Crippen LogP contribution in [-0.2, 0) is 33.6 Å². The van der Waals surface area contributed by atoms with E-state index in [9.17, 15) is 9.00 Å². The van der Waals surface area contributed by atoms with Gasteiger partial charge in [0.15, 0.2) is 0 Å². The Hall–Kier alpha value is -2.71. The second-order valence-corrected chi connectivity index (χ2v) is 10.3. The molecule has 0 aliphatic heterocycles. The van der Waals surface area contributed by atoms with E-state index in [0.29, 0.717) is 22.2 Å². The van der Waals surface area contributed by atoms with Gasteiger partial charge in [-0.15, -0.1) is 32.9 Å². The van der Waals surface area contributed by atoms with E-state index in [1.54, 1.807) is 34.8 Å². The maximum absolute atomic E-state index is 11.5. The van der Waals surface area contributed by atoms with Crippen molar-refractivity contribution in [3.8, 4) is 9.88 Å². The highest BCUT2D eigenvalue weighted by Crippen LogP contribution is 2.32. The highest BCUT2D eigenvalue weighted by molar-refractivity contribution is 7.80. The zero-order chi connectivity index (χ0) is 23.2. The number of carbonyl (C=O) groups excluding carboxylic acids is 1. The molecule has 0 saturated carbocycles. The van der Waals surface area contributed by atoms with Gasteiger partial charge in [0.2, 0.25) is 5.13 Å². The number of anilines is 2. The molecule has 9 nitrogen and oxygen atoms in total. The third kappa shape index (κ3) is 6.42. The van der Waals surface area contributed by atoms with Gasteiger partial charge in [0.05, 0.1) is 30.1 Å². The lowest BCUT2D eigenvalue weighted by Gasteiger charge is -2.16. The summed E-state index contributed by atoms with van der Waals surface area (Å²) in [6.45, 7) is 0. The van der Waals surface area contributed by atoms with Crippen molar-refractivity contribution >= 4 is 62.1 Å². The van der Waals surface area contributed by atoms with Crippen molar-refractivity contribution < 1.29 is 18.3 Å². The molecule has 0 radical (unpaired) electrons. The Bertz CT molecular complexity index is 1220. The highest BCUT2D eigenvalue weighted by atomic mass is 32.2. The van der Waals surface area contributed by atoms with Crippen LogP contribution in [0.15, 0.2) is 47.2 Å². The van der Waals surface area contributed by atoms with E-state index in [1.807, 2.05) is 35.0 Å². The number of carbonyl (C=O) groups is 1. The number of aromatic nitrogens is 3. The fourth-order valence-electron chi connectivity index (χ4n) is 2.96. The Morgan fingerprint density at radius 3 is 2.73 bits per heavy atom. The van der Waals surface area contributed by atoms with Gasteiger partial charge in [0.25, 0.3) is 11.3 Å². The number of thiazole rings is 1. The number of rotatable bonds is 10. The van der Waals surface area contributed by atoms with Crippen LogP contribution in [-0.4, -0.2) is 37.0 Å². The Labute approximate surface area is 204 Å². The molecule has 3 aromatic heterocycles. The lowest BCUT2D eigenvalue weighted by molar-refractivity contribution is -0.139. The van der Waals surface area contributed by atoms with E-state index in [0.717, 1.165) is 21.1 Å². The molecule has 1 unspecified atom stereocenters. The molecule has 4 aromatic rings. The number of nitrogens with zero attached hydrogens (tertiary/aromatic N) is 3. The van der Waals surface area contributed by atoms with Crippen molar-refractivity contribution in [2.45, 2.75) is 18.9 Å². The average molecular weight is 522 g/mol. The molecule has 0 aliphatic rings. The summed E-state index contributed by atoms with van der Waals surface area (Å²) in [4.78, 5) is 17.5. The second kappa shape index (κ2) is 10.9. The van der Waals surface area contributed by atoms with Crippen molar-refractivity contribution in [2.75, 3.05) is 17.1 Å². The number of hydrogen-bond acceptors (Lipinski definition) is 10. The number of methoxy groups -OCH3 is 1. The first-order chi connectivity index (χ1) is 16.0. The number of benzene rings is 1. The van der Waals surface area contributed by atoms with E-state index in [4.69, 9.17) is 14.3 Å². The maximum atomic E-state index is 11.5. The first-order valence-corrected chi connectivity index (χ1v) is 13.3. The Morgan fingerprint density at radius 2 is 2.03 bits per heavy atom. The summed E-state index contributed by atoms with van der Waals surface area (Å²) in [5.41, 5.74) is 2.42. The summed E-state index contributed by atoms with van der Waals surface area (Å²) in [7, 11) is 1.34. The summed E-state index contributed by atoms with van der Waals surface area (Å²) in [6.07, 6.45) is 0.669. The molecule has 4 rings (SSSR count). The molecular weight excluding hydrogens is 503 g/mol. The summed E-state index contributed by atoms with van der Waals surface area (Å²) in [5, 5.41) is 17.8. The third-order valence-corrected chi connectivity index (χ3v) is 7.66. The molecule has 33 heavy (non-hydrogen) atoms. The third-order valence-electron chi connectivity index (χ3n) is 4.50. The van der Waals surface area contributed by atoms with Crippen LogP contribution >= 0.6 is 34.0 Å². The zero-order valence-corrected chi connectivity index (χ0v) is 20.5. The molecule has 1 aromatic carbocycles. The van der Waals surface area contributed by atoms with Crippen molar-refractivity contribution in [3.63, 3.8) is 0 Å². The summed E-state index contributed by atoms with van der Waals surface area (Å²) in [6, 6.07) is 11.1. The Balaban J connectivity index is 1.55. The maximum Gasteiger partial charge on any atom is 0.312 e. The van der Waals surface area contributed by atoms with Crippen LogP contribution in [0.5, 0.6) is 0 Å². The second-order valence-electron chi connectivity index (χ2n) is 6.76. The molecule has 3 heterocycles. The minimum absolute atomic E-state index is 0.0699. The highest BCUT2D eigenvalue weighted by Gasteiger charge is 2.20. The summed E-state index contributed by atoms with van der Waals surface area (Å²) in [5.74, 6) is -0.369. The molecule has 0 bridgehead atoms. The van der Waals surface area contributed by atoms with Gasteiger partial charge in [-0.3, -0.25) is 14.1 Å². The van der Waals surface area contributed by atoms with Crippen molar-refractivity contribution in [1.82, 2.24) is 15.2 Å². The monoisotopic (exact) mass is 521 g/mol. The van der Waals surface area contributed by atoms with E-state index < -0.39 is 11.3 Å². The van der Waals surface area contributed by atoms with E-state index in [1.165, 1.54) is 18.4 Å². The number of hydrogen-bond donors (Lipinski definition) is 3. The van der Waals surface area contributed by atoms with Gasteiger partial charge < -0.3 is 10.1 Å². The number of esters is 1. The number of thiophene rings is 1. The minimum atomic E-state index is -2.12. The molecule has 0 fully saturated rings. The molecule has 3 N–H and O–H groups in total. The largest absolute Gasteiger partial charge is 0.469 e. The minimum Gasteiger partial charge on any atom is -0.469 e. The summed E-state index contributed by atoms with van der Waals surface area (Å²) >= 11 is 2.39. The van der Waals surface area contributed by atoms with Crippen LogP contribution in [0.4, 0.5) is 10.8 Å². The van der Waals surface area contributed by atoms with Crippen LogP contribution < -0.4 is 10.0 Å². The van der Waals surface area contributed by atoms with Crippen LogP contribution in [0, 0.1) is 0 Å². The standard InChI is InChI=1S/C20H19N5O4S4/c1-29-18(26)10-17-23-24-20(32-17)22-14(9-12-4-6-13(7-5-12)25-33(27)28)15-11-31-19(21-15)16-3-2-8-30-16/h2-8,11,14,25H,9-10H2,1H3,(H,22,24)(H,27,28)/t14-/m0/s1. The van der Waals surface area contributed by atoms with Crippen molar-refractivity contribution in [1.29, 1.82) is 0 Å². The molecule has 0 spiro atoms. The quantitative estimate of drug-likeness (QED) is 0.207. The topological polar surface area (TPSA) is 126 Å². The average Bonchev–Trinajstić information content (AvgIpc) is 3.56. The van der Waals surface area contributed by atoms with E-state index in [-0.39, 0.29) is 18.4 Å². The smallest absolute Gasteiger partial charge is 0.312 e. The summed E-state index contributed by atoms with van der Waals surface area (Å²) < 4.78 is 27.1. The van der Waals surface area contributed by atoms with Crippen LogP contribution in [0.3, 0.4) is 0 Å². The van der Waals surface area contributed by atoms with Gasteiger partial charge in [-0.2, -0.15) is 0 Å².